The van der Waals surface area contributed by atoms with Gasteiger partial charge in [0.25, 0.3) is 5.91 Å². The second-order valence-electron chi connectivity index (χ2n) is 5.80. The molecule has 3 aromatic heterocycles. The second-order valence-corrected chi connectivity index (χ2v) is 5.80. The van der Waals surface area contributed by atoms with Crippen LogP contribution < -0.4 is 5.32 Å². The first kappa shape index (κ1) is 18.3. The standard InChI is InChI=1S/C15H18N8O4/c1-10-14(23(25)26)11(2)22(18-10)8-20-5-4-13(19-20)15(24)17-12-6-16-21(7-12)9-27-3/h4-7H,8-9H2,1-3H3,(H,17,24). The van der Waals surface area contributed by atoms with Crippen LogP contribution >= 0.6 is 0 Å². The lowest BCUT2D eigenvalue weighted by molar-refractivity contribution is -0.386. The highest BCUT2D eigenvalue weighted by molar-refractivity contribution is 6.02. The first-order chi connectivity index (χ1) is 12.9. The van der Waals surface area contributed by atoms with Crippen LogP contribution in [0.4, 0.5) is 11.4 Å². The van der Waals surface area contributed by atoms with E-state index in [0.717, 1.165) is 0 Å². The average Bonchev–Trinajstić information content (AvgIpc) is 3.29. The van der Waals surface area contributed by atoms with Crippen molar-refractivity contribution >= 4 is 17.3 Å². The molecule has 142 valence electrons. The van der Waals surface area contributed by atoms with Crippen LogP contribution in [-0.2, 0) is 18.1 Å². The van der Waals surface area contributed by atoms with Gasteiger partial charge in [0.15, 0.2) is 5.69 Å². The molecule has 0 aliphatic heterocycles. The Labute approximate surface area is 153 Å². The summed E-state index contributed by atoms with van der Waals surface area (Å²) in [6, 6.07) is 1.55. The van der Waals surface area contributed by atoms with Gasteiger partial charge in [-0.15, -0.1) is 0 Å². The van der Waals surface area contributed by atoms with Crippen molar-refractivity contribution in [1.29, 1.82) is 0 Å². The quantitative estimate of drug-likeness (QED) is 0.484. The van der Waals surface area contributed by atoms with Crippen LogP contribution in [0.25, 0.3) is 0 Å². The van der Waals surface area contributed by atoms with E-state index in [9.17, 15) is 14.9 Å². The molecule has 0 aromatic carbocycles. The second kappa shape index (κ2) is 7.37. The fourth-order valence-corrected chi connectivity index (χ4v) is 2.61. The molecule has 0 unspecified atom stereocenters. The van der Waals surface area contributed by atoms with Crippen molar-refractivity contribution in [2.24, 2.45) is 0 Å². The van der Waals surface area contributed by atoms with Gasteiger partial charge in [0.2, 0.25) is 0 Å². The monoisotopic (exact) mass is 374 g/mol. The summed E-state index contributed by atoms with van der Waals surface area (Å²) < 4.78 is 9.43. The first-order valence-corrected chi connectivity index (χ1v) is 7.93. The number of hydrogen-bond acceptors (Lipinski definition) is 7. The number of hydrogen-bond donors (Lipinski definition) is 1. The molecule has 0 bridgehead atoms. The summed E-state index contributed by atoms with van der Waals surface area (Å²) >= 11 is 0. The lowest BCUT2D eigenvalue weighted by atomic mass is 10.3. The Morgan fingerprint density at radius 1 is 1.33 bits per heavy atom. The third-order valence-corrected chi connectivity index (χ3v) is 3.83. The molecule has 0 aliphatic rings. The zero-order valence-corrected chi connectivity index (χ0v) is 15.0. The van der Waals surface area contributed by atoms with E-state index in [-0.39, 0.29) is 24.8 Å². The minimum Gasteiger partial charge on any atom is -0.362 e. The van der Waals surface area contributed by atoms with Crippen molar-refractivity contribution in [2.75, 3.05) is 12.4 Å². The number of aromatic nitrogens is 6. The van der Waals surface area contributed by atoms with Gasteiger partial charge in [-0.25, -0.2) is 9.36 Å². The minimum absolute atomic E-state index is 0.0202. The fraction of sp³-hybridized carbons (Fsp3) is 0.333. The maximum Gasteiger partial charge on any atom is 0.312 e. The summed E-state index contributed by atoms with van der Waals surface area (Å²) in [5.41, 5.74) is 1.44. The summed E-state index contributed by atoms with van der Waals surface area (Å²) in [6.07, 6.45) is 4.74. The highest BCUT2D eigenvalue weighted by Gasteiger charge is 2.22. The number of amides is 1. The van der Waals surface area contributed by atoms with Gasteiger partial charge in [-0.2, -0.15) is 15.3 Å². The molecule has 0 spiro atoms. The molecule has 0 saturated carbocycles. The summed E-state index contributed by atoms with van der Waals surface area (Å²) in [6.45, 7) is 3.62. The number of anilines is 1. The minimum atomic E-state index is -0.458. The number of carbonyl (C=O) groups excluding carboxylic acids is 1. The lowest BCUT2D eigenvalue weighted by Crippen LogP contribution is -2.15. The summed E-state index contributed by atoms with van der Waals surface area (Å²) in [4.78, 5) is 22.9. The lowest BCUT2D eigenvalue weighted by Gasteiger charge is -2.04. The SMILES string of the molecule is COCn1cc(NC(=O)c2ccn(Cn3nc(C)c([N+](=O)[O-])c3C)n2)cn1. The Morgan fingerprint density at radius 2 is 2.11 bits per heavy atom. The number of carbonyl (C=O) groups is 1. The number of nitrogens with one attached hydrogen (secondary N) is 1. The molecule has 3 aromatic rings. The van der Waals surface area contributed by atoms with Crippen molar-refractivity contribution in [3.05, 3.63) is 51.9 Å². The number of nitro groups is 1. The number of aryl methyl sites for hydroxylation is 1. The van der Waals surface area contributed by atoms with E-state index in [2.05, 4.69) is 20.6 Å². The van der Waals surface area contributed by atoms with Crippen LogP contribution in [0.5, 0.6) is 0 Å². The Balaban J connectivity index is 1.70. The van der Waals surface area contributed by atoms with Crippen LogP contribution in [0, 0.1) is 24.0 Å². The van der Waals surface area contributed by atoms with Crippen molar-refractivity contribution in [2.45, 2.75) is 27.2 Å². The Kier molecular flexibility index (Phi) is 4.98. The van der Waals surface area contributed by atoms with Gasteiger partial charge in [-0.05, 0) is 19.9 Å². The predicted molar refractivity (Wildman–Crippen MR) is 93.2 cm³/mol. The molecule has 0 atom stereocenters. The maximum absolute atomic E-state index is 12.3. The van der Waals surface area contributed by atoms with E-state index in [4.69, 9.17) is 4.74 Å². The molecule has 12 nitrogen and oxygen atoms in total. The topological polar surface area (TPSA) is 135 Å². The molecular weight excluding hydrogens is 356 g/mol. The van der Waals surface area contributed by atoms with Crippen LogP contribution in [-0.4, -0.2) is 47.3 Å². The van der Waals surface area contributed by atoms with Crippen molar-refractivity contribution < 1.29 is 14.5 Å². The van der Waals surface area contributed by atoms with Gasteiger partial charge in [0, 0.05) is 13.3 Å². The average molecular weight is 374 g/mol. The van der Waals surface area contributed by atoms with E-state index in [1.54, 1.807) is 39.4 Å². The van der Waals surface area contributed by atoms with Gasteiger partial charge in [-0.3, -0.25) is 19.6 Å². The summed E-state index contributed by atoms with van der Waals surface area (Å²) in [5, 5.41) is 26.2. The summed E-state index contributed by atoms with van der Waals surface area (Å²) in [5.74, 6) is -0.398. The van der Waals surface area contributed by atoms with Gasteiger partial charge in [-0.1, -0.05) is 0 Å². The van der Waals surface area contributed by atoms with E-state index in [1.165, 1.54) is 20.2 Å². The van der Waals surface area contributed by atoms with Crippen molar-refractivity contribution in [1.82, 2.24) is 29.3 Å². The van der Waals surface area contributed by atoms with Crippen LogP contribution in [0.15, 0.2) is 24.7 Å². The molecule has 0 aliphatic carbocycles. The van der Waals surface area contributed by atoms with Crippen LogP contribution in [0.2, 0.25) is 0 Å². The molecule has 12 heteroatoms. The molecule has 27 heavy (non-hydrogen) atoms. The Morgan fingerprint density at radius 3 is 2.78 bits per heavy atom. The zero-order valence-electron chi connectivity index (χ0n) is 15.0. The predicted octanol–water partition coefficient (Wildman–Crippen LogP) is 1.16. The van der Waals surface area contributed by atoms with E-state index in [1.807, 2.05) is 0 Å². The third-order valence-electron chi connectivity index (χ3n) is 3.83. The van der Waals surface area contributed by atoms with Crippen LogP contribution in [0.3, 0.4) is 0 Å². The molecule has 0 saturated heterocycles. The smallest absolute Gasteiger partial charge is 0.312 e. The number of rotatable bonds is 7. The fourth-order valence-electron chi connectivity index (χ4n) is 2.61. The highest BCUT2D eigenvalue weighted by atomic mass is 16.6. The van der Waals surface area contributed by atoms with Crippen molar-refractivity contribution in [3.8, 4) is 0 Å². The molecule has 3 rings (SSSR count). The normalized spacial score (nSPS) is 10.9. The third kappa shape index (κ3) is 3.84. The number of ether oxygens (including phenoxy) is 1. The highest BCUT2D eigenvalue weighted by Crippen LogP contribution is 2.21. The van der Waals surface area contributed by atoms with E-state index >= 15 is 0 Å². The Hall–Kier alpha value is -3.54. The maximum atomic E-state index is 12.3. The molecular formula is C15H18N8O4. The zero-order chi connectivity index (χ0) is 19.6. The Bertz CT molecular complexity index is 986. The van der Waals surface area contributed by atoms with Gasteiger partial charge < -0.3 is 10.1 Å². The number of methoxy groups -OCH3 is 1. The number of nitrogens with zero attached hydrogens (tertiary/aromatic N) is 7. The molecule has 3 heterocycles. The van der Waals surface area contributed by atoms with Gasteiger partial charge in [0.1, 0.15) is 24.8 Å². The van der Waals surface area contributed by atoms with Gasteiger partial charge in [0.05, 0.1) is 23.0 Å². The van der Waals surface area contributed by atoms with E-state index < -0.39 is 10.8 Å². The first-order valence-electron chi connectivity index (χ1n) is 7.93. The molecule has 0 fully saturated rings. The molecule has 1 N–H and O–H groups in total. The largest absolute Gasteiger partial charge is 0.362 e. The van der Waals surface area contributed by atoms with Crippen LogP contribution in [0.1, 0.15) is 21.9 Å². The molecule has 0 radical (unpaired) electrons. The van der Waals surface area contributed by atoms with Crippen molar-refractivity contribution in [3.63, 3.8) is 0 Å². The van der Waals surface area contributed by atoms with E-state index in [0.29, 0.717) is 17.1 Å². The van der Waals surface area contributed by atoms with Gasteiger partial charge >= 0.3 is 5.69 Å². The summed E-state index contributed by atoms with van der Waals surface area (Å²) in [7, 11) is 1.55. The molecule has 1 amide bonds.